The van der Waals surface area contributed by atoms with E-state index in [4.69, 9.17) is 9.47 Å². The molecule has 1 aromatic heterocycles. The molecule has 0 radical (unpaired) electrons. The lowest BCUT2D eigenvalue weighted by atomic mass is 10.1. The average molecular weight is 385 g/mol. The number of esters is 1. The molecule has 1 saturated heterocycles. The lowest BCUT2D eigenvalue weighted by molar-refractivity contribution is -0.136. The number of ketones is 1. The van der Waals surface area contributed by atoms with E-state index in [2.05, 4.69) is 4.57 Å². The molecule has 0 unspecified atom stereocenters. The zero-order valence-corrected chi connectivity index (χ0v) is 16.1. The minimum Gasteiger partial charge on any atom is -0.454 e. The smallest absolute Gasteiger partial charge is 0.331 e. The van der Waals surface area contributed by atoms with Gasteiger partial charge in [-0.15, -0.1) is 0 Å². The molecule has 0 saturated carbocycles. The van der Waals surface area contributed by atoms with Crippen molar-refractivity contribution < 1.29 is 23.5 Å². The molecule has 5 nitrogen and oxygen atoms in total. The molecule has 2 aromatic rings. The molecule has 1 aliphatic heterocycles. The fourth-order valence-corrected chi connectivity index (χ4v) is 3.36. The Morgan fingerprint density at radius 1 is 1.29 bits per heavy atom. The molecule has 0 aliphatic carbocycles. The van der Waals surface area contributed by atoms with Gasteiger partial charge in [-0.3, -0.25) is 4.79 Å². The number of aryl methyl sites for hydroxylation is 1. The van der Waals surface area contributed by atoms with E-state index in [1.54, 1.807) is 12.1 Å². The maximum absolute atomic E-state index is 12.9. The Kier molecular flexibility index (Phi) is 6.41. The first-order valence-corrected chi connectivity index (χ1v) is 9.36. The minimum absolute atomic E-state index is 0.183. The molecule has 1 aliphatic rings. The summed E-state index contributed by atoms with van der Waals surface area (Å²) < 4.78 is 25.7. The van der Waals surface area contributed by atoms with E-state index < -0.39 is 5.97 Å². The van der Waals surface area contributed by atoms with Gasteiger partial charge in [0.1, 0.15) is 5.82 Å². The summed E-state index contributed by atoms with van der Waals surface area (Å²) in [6.45, 7) is 5.04. The van der Waals surface area contributed by atoms with Gasteiger partial charge in [-0.25, -0.2) is 9.18 Å². The van der Waals surface area contributed by atoms with Crippen molar-refractivity contribution in [3.63, 3.8) is 0 Å². The zero-order valence-electron chi connectivity index (χ0n) is 16.1. The first kappa shape index (κ1) is 20.0. The molecule has 1 fully saturated rings. The third-order valence-corrected chi connectivity index (χ3v) is 4.91. The molecular weight excluding hydrogens is 361 g/mol. The topological polar surface area (TPSA) is 57.5 Å². The molecule has 148 valence electrons. The molecule has 0 spiro atoms. The summed E-state index contributed by atoms with van der Waals surface area (Å²) in [4.78, 5) is 24.3. The summed E-state index contributed by atoms with van der Waals surface area (Å²) in [5.41, 5.74) is 3.07. The fourth-order valence-electron chi connectivity index (χ4n) is 3.36. The van der Waals surface area contributed by atoms with E-state index in [9.17, 15) is 14.0 Å². The maximum Gasteiger partial charge on any atom is 0.331 e. The van der Waals surface area contributed by atoms with Gasteiger partial charge >= 0.3 is 5.97 Å². The fraction of sp³-hybridized carbons (Fsp3) is 0.364. The Morgan fingerprint density at radius 2 is 2.04 bits per heavy atom. The first-order valence-electron chi connectivity index (χ1n) is 9.36. The Balaban J connectivity index is 1.57. The number of aromatic nitrogens is 1. The van der Waals surface area contributed by atoms with Crippen molar-refractivity contribution in [1.29, 1.82) is 0 Å². The third-order valence-electron chi connectivity index (χ3n) is 4.91. The van der Waals surface area contributed by atoms with E-state index in [0.29, 0.717) is 11.1 Å². The highest BCUT2D eigenvalue weighted by atomic mass is 19.1. The minimum atomic E-state index is -0.620. The Hall–Kier alpha value is -2.73. The van der Waals surface area contributed by atoms with Crippen LogP contribution in [0.2, 0.25) is 0 Å². The summed E-state index contributed by atoms with van der Waals surface area (Å²) in [5, 5.41) is 0. The van der Waals surface area contributed by atoms with Crippen LogP contribution in [0, 0.1) is 19.7 Å². The summed E-state index contributed by atoms with van der Waals surface area (Å²) in [5.74, 6) is -1.21. The van der Waals surface area contributed by atoms with Crippen LogP contribution in [-0.2, 0) is 20.8 Å². The number of benzene rings is 1. The highest BCUT2D eigenvalue weighted by molar-refractivity contribution is 6.00. The predicted molar refractivity (Wildman–Crippen MR) is 104 cm³/mol. The number of halogens is 1. The maximum atomic E-state index is 12.9. The van der Waals surface area contributed by atoms with Gasteiger partial charge in [0.05, 0.1) is 6.10 Å². The number of hydrogen-bond acceptors (Lipinski definition) is 4. The first-order chi connectivity index (χ1) is 13.4. The molecule has 0 amide bonds. The van der Waals surface area contributed by atoms with E-state index >= 15 is 0 Å². The Morgan fingerprint density at radius 3 is 2.71 bits per heavy atom. The van der Waals surface area contributed by atoms with Gasteiger partial charge in [0.15, 0.2) is 6.61 Å². The molecule has 0 N–H and O–H groups in total. The lowest BCUT2D eigenvalue weighted by Gasteiger charge is -2.14. The van der Waals surface area contributed by atoms with Crippen LogP contribution >= 0.6 is 0 Å². The lowest BCUT2D eigenvalue weighted by Crippen LogP contribution is -2.18. The second-order valence-electron chi connectivity index (χ2n) is 6.95. The summed E-state index contributed by atoms with van der Waals surface area (Å²) in [7, 11) is 0. The van der Waals surface area contributed by atoms with Gasteiger partial charge in [-0.1, -0.05) is 12.1 Å². The number of Topliss-reactive ketones (excluding diaryl/α,β-unsaturated/α-hetero) is 1. The quantitative estimate of drug-likeness (QED) is 0.413. The van der Waals surface area contributed by atoms with Crippen molar-refractivity contribution in [1.82, 2.24) is 4.57 Å². The monoisotopic (exact) mass is 385 g/mol. The van der Waals surface area contributed by atoms with Crippen LogP contribution in [0.1, 0.15) is 40.2 Å². The van der Waals surface area contributed by atoms with Gasteiger partial charge in [0.25, 0.3) is 0 Å². The van der Waals surface area contributed by atoms with Crippen LogP contribution in [0.3, 0.4) is 0 Å². The SMILES string of the molecule is Cc1cc(C(=O)COC(=O)/C=C/c2ccc(F)cc2)c(C)n1C[C@@H]1CCCO1. The van der Waals surface area contributed by atoms with E-state index in [1.807, 2.05) is 19.9 Å². The average Bonchev–Trinajstić information content (AvgIpc) is 3.29. The molecule has 6 heteroatoms. The van der Waals surface area contributed by atoms with E-state index in [1.165, 1.54) is 24.3 Å². The van der Waals surface area contributed by atoms with E-state index in [0.717, 1.165) is 37.4 Å². The summed E-state index contributed by atoms with van der Waals surface area (Å²) in [6.07, 6.45) is 5.01. The van der Waals surface area contributed by atoms with Crippen LogP contribution in [0.25, 0.3) is 6.08 Å². The van der Waals surface area contributed by atoms with Gasteiger partial charge in [-0.2, -0.15) is 0 Å². The number of carbonyl (C=O) groups is 2. The van der Waals surface area contributed by atoms with Crippen molar-refractivity contribution in [2.24, 2.45) is 0 Å². The molecule has 1 aromatic carbocycles. The standard InChI is InChI=1S/C22H24FNO4/c1-15-12-20(16(2)24(15)13-19-4-3-11-27-19)21(25)14-28-22(26)10-7-17-5-8-18(23)9-6-17/h5-10,12,19H,3-4,11,13-14H2,1-2H3/b10-7+/t19-/m0/s1. The second kappa shape index (κ2) is 8.97. The molecule has 2 heterocycles. The number of ether oxygens (including phenoxy) is 2. The number of rotatable bonds is 7. The van der Waals surface area contributed by atoms with Gasteiger partial charge in [0.2, 0.25) is 5.78 Å². The van der Waals surface area contributed by atoms with Crippen molar-refractivity contribution in [2.75, 3.05) is 13.2 Å². The molecule has 3 rings (SSSR count). The number of hydrogen-bond donors (Lipinski definition) is 0. The molecule has 28 heavy (non-hydrogen) atoms. The Bertz CT molecular complexity index is 877. The van der Waals surface area contributed by atoms with Crippen molar-refractivity contribution in [2.45, 2.75) is 39.3 Å². The molecule has 1 atom stereocenters. The third kappa shape index (κ3) is 4.95. The number of carbonyl (C=O) groups excluding carboxylic acids is 2. The normalized spacial score (nSPS) is 16.6. The van der Waals surface area contributed by atoms with Crippen LogP contribution in [0.5, 0.6) is 0 Å². The second-order valence-corrected chi connectivity index (χ2v) is 6.95. The highest BCUT2D eigenvalue weighted by Gasteiger charge is 2.21. The van der Waals surface area contributed by atoms with Crippen LogP contribution in [0.15, 0.2) is 36.4 Å². The van der Waals surface area contributed by atoms with Crippen LogP contribution in [0.4, 0.5) is 4.39 Å². The Labute approximate surface area is 163 Å². The highest BCUT2D eigenvalue weighted by Crippen LogP contribution is 2.20. The molecular formula is C22H24FNO4. The van der Waals surface area contributed by atoms with Crippen molar-refractivity contribution in [3.05, 3.63) is 64.7 Å². The summed E-state index contributed by atoms with van der Waals surface area (Å²) >= 11 is 0. The van der Waals surface area contributed by atoms with Gasteiger partial charge in [0, 0.05) is 36.2 Å². The predicted octanol–water partition coefficient (Wildman–Crippen LogP) is 3.86. The zero-order chi connectivity index (χ0) is 20.1. The van der Waals surface area contributed by atoms with Gasteiger partial charge < -0.3 is 14.0 Å². The van der Waals surface area contributed by atoms with Crippen LogP contribution < -0.4 is 0 Å². The summed E-state index contributed by atoms with van der Waals surface area (Å²) in [6, 6.07) is 7.54. The van der Waals surface area contributed by atoms with E-state index in [-0.39, 0.29) is 24.3 Å². The number of nitrogens with zero attached hydrogens (tertiary/aromatic N) is 1. The van der Waals surface area contributed by atoms with Gasteiger partial charge in [-0.05, 0) is 56.5 Å². The largest absolute Gasteiger partial charge is 0.454 e. The molecule has 0 bridgehead atoms. The van der Waals surface area contributed by atoms with Crippen molar-refractivity contribution >= 4 is 17.8 Å². The van der Waals surface area contributed by atoms with Crippen molar-refractivity contribution in [3.8, 4) is 0 Å². The van der Waals surface area contributed by atoms with Crippen LogP contribution in [-0.4, -0.2) is 35.6 Å².